The van der Waals surface area contributed by atoms with E-state index in [0.717, 1.165) is 5.75 Å². The Labute approximate surface area is 167 Å². The Morgan fingerprint density at radius 2 is 1.32 bits per heavy atom. The fourth-order valence-corrected chi connectivity index (χ4v) is 4.46. The second-order valence-corrected chi connectivity index (χ2v) is 8.89. The summed E-state index contributed by atoms with van der Waals surface area (Å²) < 4.78 is 6.83. The van der Waals surface area contributed by atoms with Gasteiger partial charge in [-0.05, 0) is 81.2 Å². The van der Waals surface area contributed by atoms with Gasteiger partial charge in [0.25, 0.3) is 0 Å². The van der Waals surface area contributed by atoms with Gasteiger partial charge in [0.2, 0.25) is 0 Å². The Balaban J connectivity index is 2.94. The summed E-state index contributed by atoms with van der Waals surface area (Å²) in [6.07, 6.45) is 0. The molecule has 0 bridgehead atoms. The van der Waals surface area contributed by atoms with Crippen molar-refractivity contribution in [1.29, 1.82) is 0 Å². The number of ether oxygens (including phenoxy) is 1. The highest BCUT2D eigenvalue weighted by atomic mass is 127. The van der Waals surface area contributed by atoms with Crippen LogP contribution >= 0.6 is 22.6 Å². The van der Waals surface area contributed by atoms with Gasteiger partial charge >= 0.3 is 0 Å². The molecule has 2 aromatic carbocycles. The molecule has 0 saturated heterocycles. The molecular weight excluding hydrogens is 419 g/mol. The smallest absolute Gasteiger partial charge is 0.132 e. The molecule has 0 atom stereocenters. The van der Waals surface area contributed by atoms with Gasteiger partial charge in [0.1, 0.15) is 5.75 Å². The van der Waals surface area contributed by atoms with Crippen molar-refractivity contribution < 1.29 is 4.74 Å². The van der Waals surface area contributed by atoms with E-state index in [2.05, 4.69) is 95.3 Å². The van der Waals surface area contributed by atoms with Crippen LogP contribution < -0.4 is 4.74 Å². The molecule has 0 aliphatic rings. The van der Waals surface area contributed by atoms with Crippen molar-refractivity contribution in [2.24, 2.45) is 0 Å². The van der Waals surface area contributed by atoms with Crippen LogP contribution in [-0.4, -0.2) is 7.11 Å². The standard InChI is InChI=1S/C23H31IO/c1-13(2)17-11-18(14(3)4)22(19(12-17)15(5)6)21-16(7)9-10-20(25-8)23(21)24/h9-15H,1-8H3. The third-order valence-corrected chi connectivity index (χ3v) is 5.99. The molecule has 2 aromatic rings. The minimum atomic E-state index is 0.479. The average Bonchev–Trinajstić information content (AvgIpc) is 2.54. The van der Waals surface area contributed by atoms with Crippen LogP contribution in [0.4, 0.5) is 0 Å². The van der Waals surface area contributed by atoms with E-state index in [4.69, 9.17) is 4.74 Å². The van der Waals surface area contributed by atoms with Crippen molar-refractivity contribution in [3.05, 3.63) is 50.1 Å². The van der Waals surface area contributed by atoms with Gasteiger partial charge in [0.15, 0.2) is 0 Å². The lowest BCUT2D eigenvalue weighted by Gasteiger charge is -2.25. The number of hydrogen-bond donors (Lipinski definition) is 0. The van der Waals surface area contributed by atoms with Crippen LogP contribution in [0.2, 0.25) is 0 Å². The van der Waals surface area contributed by atoms with Crippen molar-refractivity contribution >= 4 is 22.6 Å². The normalized spacial score (nSPS) is 11.7. The van der Waals surface area contributed by atoms with Crippen molar-refractivity contribution in [2.75, 3.05) is 7.11 Å². The summed E-state index contributed by atoms with van der Waals surface area (Å²) in [7, 11) is 1.76. The van der Waals surface area contributed by atoms with Crippen molar-refractivity contribution in [3.8, 4) is 16.9 Å². The first-order valence-electron chi connectivity index (χ1n) is 9.20. The zero-order valence-electron chi connectivity index (χ0n) is 16.8. The molecule has 0 fully saturated rings. The van der Waals surface area contributed by atoms with Crippen LogP contribution in [0.25, 0.3) is 11.1 Å². The minimum Gasteiger partial charge on any atom is -0.496 e. The van der Waals surface area contributed by atoms with Gasteiger partial charge in [0.05, 0.1) is 10.7 Å². The highest BCUT2D eigenvalue weighted by Crippen LogP contribution is 2.43. The van der Waals surface area contributed by atoms with Gasteiger partial charge in [-0.3, -0.25) is 0 Å². The predicted octanol–water partition coefficient (Wildman–Crippen LogP) is 7.65. The molecule has 0 aliphatic heterocycles. The largest absolute Gasteiger partial charge is 0.496 e. The molecule has 1 nitrogen and oxygen atoms in total. The number of benzene rings is 2. The van der Waals surface area contributed by atoms with E-state index < -0.39 is 0 Å². The van der Waals surface area contributed by atoms with Crippen LogP contribution in [0, 0.1) is 10.5 Å². The van der Waals surface area contributed by atoms with Crippen LogP contribution in [0.1, 0.15) is 81.5 Å². The molecular formula is C23H31IO. The summed E-state index contributed by atoms with van der Waals surface area (Å²) in [6, 6.07) is 9.10. The molecule has 0 spiro atoms. The highest BCUT2D eigenvalue weighted by Gasteiger charge is 2.22. The van der Waals surface area contributed by atoms with Gasteiger partial charge in [-0.15, -0.1) is 0 Å². The molecule has 0 heterocycles. The Morgan fingerprint density at radius 1 is 0.800 bits per heavy atom. The average molecular weight is 450 g/mol. The van der Waals surface area contributed by atoms with Gasteiger partial charge < -0.3 is 4.74 Å². The molecule has 2 rings (SSSR count). The first-order valence-corrected chi connectivity index (χ1v) is 10.3. The Bertz CT molecular complexity index is 728. The SMILES string of the molecule is COc1ccc(C)c(-c2c(C(C)C)cc(C(C)C)cc2C(C)C)c1I. The number of methoxy groups -OCH3 is 1. The van der Waals surface area contributed by atoms with Gasteiger partial charge in [-0.25, -0.2) is 0 Å². The summed E-state index contributed by atoms with van der Waals surface area (Å²) in [5.74, 6) is 2.45. The van der Waals surface area contributed by atoms with E-state index >= 15 is 0 Å². The van der Waals surface area contributed by atoms with Gasteiger partial charge in [0, 0.05) is 5.56 Å². The maximum Gasteiger partial charge on any atom is 0.132 e. The first-order chi connectivity index (χ1) is 11.7. The first kappa shape index (κ1) is 20.3. The summed E-state index contributed by atoms with van der Waals surface area (Å²) in [4.78, 5) is 0. The fraction of sp³-hybridized carbons (Fsp3) is 0.478. The topological polar surface area (TPSA) is 9.23 Å². The second-order valence-electron chi connectivity index (χ2n) is 7.81. The van der Waals surface area contributed by atoms with E-state index in [1.165, 1.54) is 37.0 Å². The monoisotopic (exact) mass is 450 g/mol. The van der Waals surface area contributed by atoms with E-state index in [0.29, 0.717) is 17.8 Å². The molecule has 0 unspecified atom stereocenters. The number of rotatable bonds is 5. The lowest BCUT2D eigenvalue weighted by Crippen LogP contribution is -2.06. The Kier molecular flexibility index (Phi) is 6.58. The molecule has 2 heteroatoms. The van der Waals surface area contributed by atoms with E-state index in [-0.39, 0.29) is 0 Å². The summed E-state index contributed by atoms with van der Waals surface area (Å²) in [5.41, 5.74) is 8.39. The maximum atomic E-state index is 5.62. The van der Waals surface area contributed by atoms with Crippen molar-refractivity contribution in [1.82, 2.24) is 0 Å². The third-order valence-electron chi connectivity index (χ3n) is 4.92. The summed E-state index contributed by atoms with van der Waals surface area (Å²) in [6.45, 7) is 16.0. The quantitative estimate of drug-likeness (QED) is 0.425. The maximum absolute atomic E-state index is 5.62. The van der Waals surface area contributed by atoms with E-state index in [9.17, 15) is 0 Å². The Morgan fingerprint density at radius 3 is 1.72 bits per heavy atom. The molecule has 25 heavy (non-hydrogen) atoms. The lowest BCUT2D eigenvalue weighted by atomic mass is 9.81. The van der Waals surface area contributed by atoms with Crippen molar-refractivity contribution in [2.45, 2.75) is 66.2 Å². The third kappa shape index (κ3) is 4.05. The van der Waals surface area contributed by atoms with Gasteiger partial charge in [-0.1, -0.05) is 59.7 Å². The molecule has 0 aliphatic carbocycles. The van der Waals surface area contributed by atoms with E-state index in [1.54, 1.807) is 7.11 Å². The zero-order valence-corrected chi connectivity index (χ0v) is 19.0. The number of aryl methyl sites for hydroxylation is 1. The number of halogens is 1. The molecule has 0 radical (unpaired) electrons. The lowest BCUT2D eigenvalue weighted by molar-refractivity contribution is 0.412. The molecule has 0 aromatic heterocycles. The molecule has 0 N–H and O–H groups in total. The minimum absolute atomic E-state index is 0.479. The van der Waals surface area contributed by atoms with Crippen molar-refractivity contribution in [3.63, 3.8) is 0 Å². The molecule has 0 saturated carbocycles. The summed E-state index contributed by atoms with van der Waals surface area (Å²) in [5, 5.41) is 0. The Hall–Kier alpha value is -1.03. The second kappa shape index (κ2) is 8.11. The summed E-state index contributed by atoms with van der Waals surface area (Å²) >= 11 is 2.45. The van der Waals surface area contributed by atoms with Crippen LogP contribution in [0.15, 0.2) is 24.3 Å². The zero-order chi connectivity index (χ0) is 18.9. The highest BCUT2D eigenvalue weighted by molar-refractivity contribution is 14.1. The van der Waals surface area contributed by atoms with E-state index in [1.807, 2.05) is 0 Å². The predicted molar refractivity (Wildman–Crippen MR) is 118 cm³/mol. The number of hydrogen-bond acceptors (Lipinski definition) is 1. The molecule has 136 valence electrons. The van der Waals surface area contributed by atoms with Crippen LogP contribution in [0.3, 0.4) is 0 Å². The van der Waals surface area contributed by atoms with Gasteiger partial charge in [-0.2, -0.15) is 0 Å². The van der Waals surface area contributed by atoms with Crippen LogP contribution in [-0.2, 0) is 0 Å². The molecule has 0 amide bonds. The van der Waals surface area contributed by atoms with Crippen LogP contribution in [0.5, 0.6) is 5.75 Å². The fourth-order valence-electron chi connectivity index (χ4n) is 3.36.